The number of hydrogen-bond donors (Lipinski definition) is 2. The van der Waals surface area contributed by atoms with E-state index in [9.17, 15) is 0 Å². The first-order valence-electron chi connectivity index (χ1n) is 4.22. The van der Waals surface area contributed by atoms with E-state index in [1.165, 1.54) is 0 Å². The summed E-state index contributed by atoms with van der Waals surface area (Å²) < 4.78 is 4.84. The van der Waals surface area contributed by atoms with Crippen molar-refractivity contribution in [2.24, 2.45) is 0 Å². The summed E-state index contributed by atoms with van der Waals surface area (Å²) in [5.41, 5.74) is 0. The fraction of sp³-hybridized carbons (Fsp3) is 1.00. The molecule has 0 bridgehead atoms. The highest BCUT2D eigenvalue weighted by Gasteiger charge is 2.15. The fourth-order valence-electron chi connectivity index (χ4n) is 1.10. The van der Waals surface area contributed by atoms with Crippen LogP contribution in [0.2, 0.25) is 0 Å². The van der Waals surface area contributed by atoms with Gasteiger partial charge in [0.25, 0.3) is 0 Å². The van der Waals surface area contributed by atoms with E-state index < -0.39 is 7.32 Å². The fourth-order valence-corrected chi connectivity index (χ4v) is 1.10. The van der Waals surface area contributed by atoms with Gasteiger partial charge < -0.3 is 14.7 Å². The molecule has 66 valence electrons. The zero-order valence-corrected chi connectivity index (χ0v) is 7.29. The molecule has 0 aromatic rings. The van der Waals surface area contributed by atoms with Crippen molar-refractivity contribution >= 4 is 7.32 Å². The van der Waals surface area contributed by atoms with E-state index in [0.29, 0.717) is 0 Å². The van der Waals surface area contributed by atoms with Crippen LogP contribution in [0.1, 0.15) is 39.5 Å². The summed E-state index contributed by atoms with van der Waals surface area (Å²) in [6.07, 6.45) is 3.82. The van der Waals surface area contributed by atoms with Gasteiger partial charge >= 0.3 is 7.32 Å². The van der Waals surface area contributed by atoms with Crippen molar-refractivity contribution in [2.45, 2.75) is 45.6 Å². The van der Waals surface area contributed by atoms with Gasteiger partial charge in [-0.25, -0.2) is 0 Å². The number of rotatable bonds is 6. The van der Waals surface area contributed by atoms with Gasteiger partial charge in [-0.3, -0.25) is 0 Å². The van der Waals surface area contributed by atoms with Gasteiger partial charge in [-0.05, 0) is 12.8 Å². The van der Waals surface area contributed by atoms with Crippen molar-refractivity contribution in [2.75, 3.05) is 0 Å². The van der Waals surface area contributed by atoms with Gasteiger partial charge in [0.2, 0.25) is 0 Å². The lowest BCUT2D eigenvalue weighted by molar-refractivity contribution is 0.104. The predicted octanol–water partition coefficient (Wildman–Crippen LogP) is 0.941. The Morgan fingerprint density at radius 3 is 1.91 bits per heavy atom. The van der Waals surface area contributed by atoms with Crippen LogP contribution in [0.5, 0.6) is 0 Å². The molecule has 0 amide bonds. The third-order valence-electron chi connectivity index (χ3n) is 1.54. The topological polar surface area (TPSA) is 49.7 Å². The minimum absolute atomic E-state index is 0.00463. The van der Waals surface area contributed by atoms with Gasteiger partial charge in [0.15, 0.2) is 0 Å². The first-order chi connectivity index (χ1) is 5.20. The summed E-state index contributed by atoms with van der Waals surface area (Å²) >= 11 is 0. The molecular formula is C7H17BO3. The van der Waals surface area contributed by atoms with Crippen LogP contribution in [-0.2, 0) is 4.65 Å². The molecule has 0 saturated heterocycles. The predicted molar refractivity (Wildman–Crippen MR) is 44.9 cm³/mol. The zero-order valence-electron chi connectivity index (χ0n) is 7.29. The van der Waals surface area contributed by atoms with Crippen molar-refractivity contribution in [1.29, 1.82) is 0 Å². The lowest BCUT2D eigenvalue weighted by atomic mass is 10.1. The second-order valence-electron chi connectivity index (χ2n) is 2.66. The largest absolute Gasteiger partial charge is 0.634 e. The molecule has 11 heavy (non-hydrogen) atoms. The lowest BCUT2D eigenvalue weighted by Gasteiger charge is -2.15. The Bertz CT molecular complexity index is 81.8. The first kappa shape index (κ1) is 10.9. The second kappa shape index (κ2) is 6.64. The third kappa shape index (κ3) is 6.35. The first-order valence-corrected chi connectivity index (χ1v) is 4.22. The van der Waals surface area contributed by atoms with E-state index in [-0.39, 0.29) is 6.10 Å². The molecule has 0 unspecified atom stereocenters. The van der Waals surface area contributed by atoms with Crippen LogP contribution in [0.4, 0.5) is 0 Å². The van der Waals surface area contributed by atoms with Crippen molar-refractivity contribution in [1.82, 2.24) is 0 Å². The van der Waals surface area contributed by atoms with Crippen LogP contribution in [-0.4, -0.2) is 23.5 Å². The summed E-state index contributed by atoms with van der Waals surface area (Å²) in [6, 6.07) is 0. The summed E-state index contributed by atoms with van der Waals surface area (Å²) in [5.74, 6) is 0. The Hall–Kier alpha value is -0.0551. The van der Waals surface area contributed by atoms with E-state index >= 15 is 0 Å². The van der Waals surface area contributed by atoms with Crippen LogP contribution in [0.25, 0.3) is 0 Å². The van der Waals surface area contributed by atoms with Crippen LogP contribution in [0.3, 0.4) is 0 Å². The standard InChI is InChI=1S/C7H17BO3/c1-3-5-7(6-4-2)11-8(9)10/h7,9-10H,3-6H2,1-2H3. The SMILES string of the molecule is CCCC(CCC)OB(O)O. The smallest absolute Gasteiger partial charge is 0.402 e. The molecule has 0 rings (SSSR count). The van der Waals surface area contributed by atoms with Gasteiger partial charge in [0.1, 0.15) is 0 Å². The molecule has 0 aliphatic carbocycles. The van der Waals surface area contributed by atoms with Gasteiger partial charge in [-0.15, -0.1) is 0 Å². The molecule has 0 atom stereocenters. The Kier molecular flexibility index (Phi) is 6.61. The van der Waals surface area contributed by atoms with Gasteiger partial charge in [0, 0.05) is 6.10 Å². The highest BCUT2D eigenvalue weighted by Crippen LogP contribution is 2.08. The molecule has 0 aliphatic heterocycles. The molecule has 4 heteroatoms. The van der Waals surface area contributed by atoms with Crippen molar-refractivity contribution < 1.29 is 14.7 Å². The maximum atomic E-state index is 8.51. The molecule has 2 N–H and O–H groups in total. The zero-order chi connectivity index (χ0) is 8.69. The molecule has 0 heterocycles. The monoisotopic (exact) mass is 160 g/mol. The lowest BCUT2D eigenvalue weighted by Crippen LogP contribution is -2.25. The van der Waals surface area contributed by atoms with E-state index in [2.05, 4.69) is 13.8 Å². The quantitative estimate of drug-likeness (QED) is 0.568. The minimum atomic E-state index is -1.61. The summed E-state index contributed by atoms with van der Waals surface area (Å²) in [6.45, 7) is 4.10. The maximum Gasteiger partial charge on any atom is 0.634 e. The van der Waals surface area contributed by atoms with Crippen molar-refractivity contribution in [3.63, 3.8) is 0 Å². The van der Waals surface area contributed by atoms with E-state index in [0.717, 1.165) is 25.7 Å². The molecule has 0 saturated carbocycles. The molecule has 0 aromatic carbocycles. The van der Waals surface area contributed by atoms with Crippen molar-refractivity contribution in [3.8, 4) is 0 Å². The molecule has 0 fully saturated rings. The Labute approximate surface area is 68.6 Å². The molecule has 0 aliphatic rings. The Morgan fingerprint density at radius 2 is 1.64 bits per heavy atom. The molecule has 3 nitrogen and oxygen atoms in total. The van der Waals surface area contributed by atoms with E-state index in [1.54, 1.807) is 0 Å². The van der Waals surface area contributed by atoms with Crippen molar-refractivity contribution in [3.05, 3.63) is 0 Å². The van der Waals surface area contributed by atoms with Gasteiger partial charge in [-0.2, -0.15) is 0 Å². The summed E-state index contributed by atoms with van der Waals surface area (Å²) in [5, 5.41) is 17.0. The molecule has 0 spiro atoms. The van der Waals surface area contributed by atoms with E-state index in [4.69, 9.17) is 14.7 Å². The Morgan fingerprint density at radius 1 is 1.18 bits per heavy atom. The maximum absolute atomic E-state index is 8.51. The second-order valence-corrected chi connectivity index (χ2v) is 2.66. The average molecular weight is 160 g/mol. The highest BCUT2D eigenvalue weighted by molar-refractivity contribution is 6.32. The van der Waals surface area contributed by atoms with Crippen LogP contribution in [0.15, 0.2) is 0 Å². The number of hydrogen-bond acceptors (Lipinski definition) is 3. The van der Waals surface area contributed by atoms with Gasteiger partial charge in [0.05, 0.1) is 0 Å². The Balaban J connectivity index is 3.50. The third-order valence-corrected chi connectivity index (χ3v) is 1.54. The van der Waals surface area contributed by atoms with Crippen LogP contribution >= 0.6 is 0 Å². The molecule has 0 aromatic heterocycles. The summed E-state index contributed by atoms with van der Waals surface area (Å²) in [4.78, 5) is 0. The highest BCUT2D eigenvalue weighted by atomic mass is 16.6. The van der Waals surface area contributed by atoms with Gasteiger partial charge in [-0.1, -0.05) is 26.7 Å². The van der Waals surface area contributed by atoms with Crippen LogP contribution < -0.4 is 0 Å². The summed E-state index contributed by atoms with van der Waals surface area (Å²) in [7, 11) is -1.61. The van der Waals surface area contributed by atoms with E-state index in [1.807, 2.05) is 0 Å². The molecular weight excluding hydrogens is 143 g/mol. The minimum Gasteiger partial charge on any atom is -0.402 e. The average Bonchev–Trinajstić information content (AvgIpc) is 1.87. The molecule has 0 radical (unpaired) electrons. The normalized spacial score (nSPS) is 10.6. The van der Waals surface area contributed by atoms with Crippen LogP contribution in [0, 0.1) is 0 Å².